The van der Waals surface area contributed by atoms with Crippen LogP contribution < -0.4 is 0 Å². The summed E-state index contributed by atoms with van der Waals surface area (Å²) in [6.45, 7) is 0.605. The fourth-order valence-electron chi connectivity index (χ4n) is 2.09. The maximum absolute atomic E-state index is 13.7. The molecule has 0 saturated carbocycles. The van der Waals surface area contributed by atoms with Crippen molar-refractivity contribution in [2.45, 2.75) is 16.6 Å². The van der Waals surface area contributed by atoms with E-state index in [1.54, 1.807) is 0 Å². The smallest absolute Gasteiger partial charge is 0.315 e. The molecule has 1 aromatic carbocycles. The Kier molecular flexibility index (Phi) is 5.23. The van der Waals surface area contributed by atoms with Crippen LogP contribution in [-0.2, 0) is 19.6 Å². The number of thioether (sulfide) groups is 1. The lowest BCUT2D eigenvalue weighted by Gasteiger charge is -2.16. The topological polar surface area (TPSA) is 63.7 Å². The molecule has 1 aromatic rings. The van der Waals surface area contributed by atoms with Gasteiger partial charge in [-0.25, -0.2) is 12.8 Å². The van der Waals surface area contributed by atoms with Gasteiger partial charge < -0.3 is 4.74 Å². The lowest BCUT2D eigenvalue weighted by atomic mass is 10.4. The largest absolute Gasteiger partial charge is 0.468 e. The first-order valence-electron chi connectivity index (χ1n) is 6.38. The summed E-state index contributed by atoms with van der Waals surface area (Å²) in [5.74, 6) is -0.895. The van der Waals surface area contributed by atoms with E-state index < -0.39 is 15.8 Å². The molecule has 1 aliphatic heterocycles. The first-order valence-corrected chi connectivity index (χ1v) is 8.87. The summed E-state index contributed by atoms with van der Waals surface area (Å²) >= 11 is 1.36. The maximum Gasteiger partial charge on any atom is 0.315 e. The second-order valence-electron chi connectivity index (χ2n) is 4.59. The minimum absolute atomic E-state index is 0.0191. The molecule has 1 aliphatic rings. The Bertz CT molecular complexity index is 620. The van der Waals surface area contributed by atoms with Gasteiger partial charge in [0, 0.05) is 18.3 Å². The molecule has 0 radical (unpaired) electrons. The van der Waals surface area contributed by atoms with E-state index in [4.69, 9.17) is 0 Å². The van der Waals surface area contributed by atoms with Gasteiger partial charge in [0.05, 0.1) is 12.9 Å². The van der Waals surface area contributed by atoms with E-state index in [0.717, 1.165) is 6.07 Å². The van der Waals surface area contributed by atoms with Gasteiger partial charge in [-0.1, -0.05) is 12.1 Å². The maximum atomic E-state index is 13.7. The Hall–Kier alpha value is -1.12. The van der Waals surface area contributed by atoms with Gasteiger partial charge in [0.2, 0.25) is 10.0 Å². The molecule has 0 unspecified atom stereocenters. The summed E-state index contributed by atoms with van der Waals surface area (Å²) in [5.41, 5.74) is 0. The average molecular weight is 333 g/mol. The van der Waals surface area contributed by atoms with Gasteiger partial charge in [0.25, 0.3) is 0 Å². The zero-order valence-electron chi connectivity index (χ0n) is 11.5. The third-order valence-corrected chi connectivity index (χ3v) is 6.38. The number of hydrogen-bond acceptors (Lipinski definition) is 5. The number of nitrogens with zero attached hydrogens (tertiary/aromatic N) is 1. The van der Waals surface area contributed by atoms with Crippen LogP contribution in [-0.4, -0.2) is 49.9 Å². The van der Waals surface area contributed by atoms with E-state index in [1.165, 1.54) is 41.4 Å². The Morgan fingerprint density at radius 3 is 2.86 bits per heavy atom. The number of carbonyl (C=O) groups is 1. The van der Waals surface area contributed by atoms with E-state index >= 15 is 0 Å². The van der Waals surface area contributed by atoms with Crippen molar-refractivity contribution in [1.82, 2.24) is 4.31 Å². The lowest BCUT2D eigenvalue weighted by molar-refractivity contribution is -0.137. The summed E-state index contributed by atoms with van der Waals surface area (Å²) in [6, 6.07) is 5.34. The van der Waals surface area contributed by atoms with Crippen LogP contribution >= 0.6 is 11.8 Å². The molecule has 1 heterocycles. The Morgan fingerprint density at radius 2 is 2.19 bits per heavy atom. The second kappa shape index (κ2) is 6.76. The first kappa shape index (κ1) is 16.3. The molecular weight excluding hydrogens is 317 g/mol. The van der Waals surface area contributed by atoms with E-state index in [0.29, 0.717) is 13.0 Å². The van der Waals surface area contributed by atoms with Crippen molar-refractivity contribution in [3.8, 4) is 0 Å². The van der Waals surface area contributed by atoms with Crippen molar-refractivity contribution in [2.75, 3.05) is 26.0 Å². The molecule has 0 N–H and O–H groups in total. The number of carbonyl (C=O) groups excluding carboxylic acids is 1. The molecule has 0 amide bonds. The Morgan fingerprint density at radius 1 is 1.48 bits per heavy atom. The van der Waals surface area contributed by atoms with Gasteiger partial charge >= 0.3 is 5.97 Å². The quantitative estimate of drug-likeness (QED) is 0.764. The molecule has 0 aromatic heterocycles. The molecule has 1 atom stereocenters. The summed E-state index contributed by atoms with van der Waals surface area (Å²) < 4.78 is 44.2. The molecule has 1 fully saturated rings. The number of methoxy groups -OCH3 is 1. The van der Waals surface area contributed by atoms with Crippen LogP contribution in [0.5, 0.6) is 0 Å². The van der Waals surface area contributed by atoms with Crippen molar-refractivity contribution in [1.29, 1.82) is 0 Å². The van der Waals surface area contributed by atoms with Gasteiger partial charge in [0.15, 0.2) is 0 Å². The first-order chi connectivity index (χ1) is 9.95. The van der Waals surface area contributed by atoms with Crippen molar-refractivity contribution in [3.05, 3.63) is 30.1 Å². The highest BCUT2D eigenvalue weighted by atomic mass is 32.2. The monoisotopic (exact) mass is 333 g/mol. The van der Waals surface area contributed by atoms with Gasteiger partial charge in [-0.05, 0) is 18.6 Å². The molecule has 0 spiro atoms. The van der Waals surface area contributed by atoms with Gasteiger partial charge in [-0.15, -0.1) is 11.8 Å². The predicted molar refractivity (Wildman–Crippen MR) is 78.0 cm³/mol. The van der Waals surface area contributed by atoms with E-state index in [1.807, 2.05) is 0 Å². The summed E-state index contributed by atoms with van der Waals surface area (Å²) in [4.78, 5) is 10.8. The molecule has 21 heavy (non-hydrogen) atoms. The van der Waals surface area contributed by atoms with Crippen molar-refractivity contribution >= 4 is 27.8 Å². The zero-order valence-corrected chi connectivity index (χ0v) is 13.1. The minimum Gasteiger partial charge on any atom is -0.468 e. The number of sulfonamides is 1. The Balaban J connectivity index is 2.04. The van der Waals surface area contributed by atoms with Crippen LogP contribution in [0.15, 0.2) is 29.2 Å². The van der Waals surface area contributed by atoms with E-state index in [2.05, 4.69) is 4.74 Å². The van der Waals surface area contributed by atoms with Gasteiger partial charge in [-0.2, -0.15) is 4.31 Å². The third kappa shape index (κ3) is 3.75. The normalized spacial score (nSPS) is 19.6. The number of benzene rings is 1. The molecule has 1 saturated heterocycles. The minimum atomic E-state index is -3.82. The second-order valence-corrected chi connectivity index (χ2v) is 7.79. The number of ether oxygens (including phenoxy) is 1. The van der Waals surface area contributed by atoms with Crippen LogP contribution in [0.3, 0.4) is 0 Å². The van der Waals surface area contributed by atoms with Crippen molar-refractivity contribution < 1.29 is 22.3 Å². The fourth-order valence-corrected chi connectivity index (χ4v) is 4.80. The van der Waals surface area contributed by atoms with Crippen molar-refractivity contribution in [3.63, 3.8) is 0 Å². The molecule has 116 valence electrons. The van der Waals surface area contributed by atoms with Crippen LogP contribution in [0.25, 0.3) is 0 Å². The summed E-state index contributed by atoms with van der Waals surface area (Å²) in [6.07, 6.45) is 0.634. The van der Waals surface area contributed by atoms with Crippen LogP contribution in [0, 0.1) is 5.82 Å². The molecular formula is C13H16FNO4S2. The van der Waals surface area contributed by atoms with Crippen LogP contribution in [0.2, 0.25) is 0 Å². The molecule has 8 heteroatoms. The fraction of sp³-hybridized carbons (Fsp3) is 0.462. The molecule has 2 rings (SSSR count). The molecule has 0 bridgehead atoms. The highest BCUT2D eigenvalue weighted by Gasteiger charge is 2.34. The van der Waals surface area contributed by atoms with Crippen LogP contribution in [0.1, 0.15) is 6.42 Å². The average Bonchev–Trinajstić information content (AvgIpc) is 2.94. The number of rotatable bonds is 5. The highest BCUT2D eigenvalue weighted by Crippen LogP contribution is 2.28. The highest BCUT2D eigenvalue weighted by molar-refractivity contribution is 8.00. The predicted octanol–water partition coefficient (Wildman–Crippen LogP) is 1.49. The lowest BCUT2D eigenvalue weighted by Crippen LogP contribution is -2.30. The Labute approximate surface area is 127 Å². The zero-order chi connectivity index (χ0) is 15.5. The van der Waals surface area contributed by atoms with E-state index in [-0.39, 0.29) is 28.4 Å². The number of esters is 1. The van der Waals surface area contributed by atoms with Crippen molar-refractivity contribution in [2.24, 2.45) is 0 Å². The molecule has 5 nitrogen and oxygen atoms in total. The van der Waals surface area contributed by atoms with Crippen LogP contribution in [0.4, 0.5) is 4.39 Å². The van der Waals surface area contributed by atoms with E-state index in [9.17, 15) is 17.6 Å². The standard InChI is InChI=1S/C13H16FNO4S2/c1-19-13(16)9-20-10-6-7-15(8-10)21(17,18)12-5-3-2-4-11(12)14/h2-5,10H,6-9H2,1H3/t10-/m0/s1. The van der Waals surface area contributed by atoms with Gasteiger partial charge in [-0.3, -0.25) is 4.79 Å². The number of halogens is 1. The summed E-state index contributed by atoms with van der Waals surface area (Å²) in [7, 11) is -2.51. The summed E-state index contributed by atoms with van der Waals surface area (Å²) in [5, 5.41) is 0.0191. The molecule has 0 aliphatic carbocycles. The third-order valence-electron chi connectivity index (χ3n) is 3.23. The van der Waals surface area contributed by atoms with Gasteiger partial charge in [0.1, 0.15) is 10.7 Å². The SMILES string of the molecule is COC(=O)CS[C@H]1CCN(S(=O)(=O)c2ccccc2F)C1. The number of hydrogen-bond donors (Lipinski definition) is 0.